The Bertz CT molecular complexity index is 993. The first-order chi connectivity index (χ1) is 12.8. The van der Waals surface area contributed by atoms with Crippen LogP contribution in [-0.4, -0.2) is 5.96 Å². The van der Waals surface area contributed by atoms with Crippen LogP contribution in [0, 0.1) is 0 Å². The van der Waals surface area contributed by atoms with Gasteiger partial charge in [0, 0.05) is 0 Å². The van der Waals surface area contributed by atoms with Crippen LogP contribution in [0.2, 0.25) is 0 Å². The van der Waals surface area contributed by atoms with E-state index in [0.29, 0.717) is 5.96 Å². The minimum atomic E-state index is -6.11. The second-order valence-corrected chi connectivity index (χ2v) is 7.98. The molecule has 0 aromatic heterocycles. The second kappa shape index (κ2) is 9.60. The van der Waals surface area contributed by atoms with Crippen LogP contribution >= 0.6 is 0 Å². The van der Waals surface area contributed by atoms with Crippen molar-refractivity contribution in [2.45, 2.75) is 0 Å². The summed E-state index contributed by atoms with van der Waals surface area (Å²) in [5.41, 5.74) is 9.32. The van der Waals surface area contributed by atoms with Crippen LogP contribution in [0.5, 0.6) is 0 Å². The quantitative estimate of drug-likeness (QED) is 0.301. The first-order valence-corrected chi connectivity index (χ1v) is 12.2. The predicted molar refractivity (Wildman–Crippen MR) is 95.7 cm³/mol. The van der Waals surface area contributed by atoms with Gasteiger partial charge in [-0.2, -0.15) is 4.58 Å². The molecule has 0 radical (unpaired) electrons. The van der Waals surface area contributed by atoms with Gasteiger partial charge in [-0.25, -0.2) is 5.32 Å². The predicted octanol–water partition coefficient (Wildman–Crippen LogP) is 2.40. The van der Waals surface area contributed by atoms with E-state index in [1.165, 1.54) is 0 Å². The molecule has 0 aliphatic heterocycles. The standard InChI is InChI=1S/C19H17N3.4O.Re/c20-19(21-16-10-4-1-5-11-16)22(17-12-6-2-7-13-17)18-14-8-3-9-15-18;;;;;/h1-15H,(H2,20,21);;;;;/q;;;;-1;/p+1. The van der Waals surface area contributed by atoms with Crippen LogP contribution in [0.4, 0.5) is 17.1 Å². The molecule has 0 spiro atoms. The molecule has 3 rings (SSSR count). The summed E-state index contributed by atoms with van der Waals surface area (Å²) < 4.78 is 36.5. The molecular weight excluding hydrogens is 520 g/mol. The number of para-hydroxylation sites is 3. The number of nitrogens with zero attached hydrogens (tertiary/aromatic N) is 1. The first-order valence-electron chi connectivity index (χ1n) is 7.81. The fourth-order valence-electron chi connectivity index (χ4n) is 2.31. The summed E-state index contributed by atoms with van der Waals surface area (Å²) in [7, 11) is 0. The molecule has 0 aliphatic rings. The molecule has 140 valence electrons. The summed E-state index contributed by atoms with van der Waals surface area (Å²) in [4.78, 5) is 0. The van der Waals surface area contributed by atoms with E-state index in [0.717, 1.165) is 17.1 Å². The zero-order chi connectivity index (χ0) is 19.7. The first kappa shape index (κ1) is 20.3. The Morgan fingerprint density at radius 3 is 1.44 bits per heavy atom. The molecular formula is C19H18N3O4Re. The van der Waals surface area contributed by atoms with Gasteiger partial charge in [-0.3, -0.25) is 5.73 Å². The van der Waals surface area contributed by atoms with E-state index in [9.17, 15) is 0 Å². The van der Waals surface area contributed by atoms with E-state index in [-0.39, 0.29) is 0 Å². The number of anilines is 1. The molecule has 3 aromatic carbocycles. The molecule has 3 aromatic rings. The zero-order valence-electron chi connectivity index (χ0n) is 14.2. The summed E-state index contributed by atoms with van der Waals surface area (Å²) in [5.74, 6) is 0.559. The number of hydrogen-bond donors (Lipinski definition) is 2. The van der Waals surface area contributed by atoms with Gasteiger partial charge in [-0.15, -0.1) is 0 Å². The average molecular weight is 539 g/mol. The SMILES string of the molecule is NC(Nc1ccccc1)=[N+](c1ccccc1)c1ccccc1.[O]=[Re](=[O])(=[O])[O-]. The van der Waals surface area contributed by atoms with Gasteiger partial charge < -0.3 is 0 Å². The fourth-order valence-corrected chi connectivity index (χ4v) is 2.31. The maximum atomic E-state index is 8.64. The Morgan fingerprint density at radius 1 is 0.741 bits per heavy atom. The number of guanidine groups is 1. The van der Waals surface area contributed by atoms with Gasteiger partial charge in [0.2, 0.25) is 0 Å². The van der Waals surface area contributed by atoms with Gasteiger partial charge >= 0.3 is 36.0 Å². The molecule has 0 amide bonds. The maximum absolute atomic E-state index is 8.64. The van der Waals surface area contributed by atoms with Crippen molar-refractivity contribution in [2.24, 2.45) is 5.73 Å². The number of nitrogens with two attached hydrogens (primary N) is 1. The molecule has 0 atom stereocenters. The van der Waals surface area contributed by atoms with Crippen molar-refractivity contribution < 1.29 is 30.0 Å². The van der Waals surface area contributed by atoms with Crippen molar-refractivity contribution in [1.29, 1.82) is 0 Å². The van der Waals surface area contributed by atoms with Crippen LogP contribution in [0.15, 0.2) is 91.0 Å². The van der Waals surface area contributed by atoms with Gasteiger partial charge in [-0.1, -0.05) is 54.6 Å². The molecule has 7 nitrogen and oxygen atoms in total. The monoisotopic (exact) mass is 539 g/mol. The molecule has 0 aliphatic carbocycles. The van der Waals surface area contributed by atoms with Crippen LogP contribution < -0.4 is 19.5 Å². The van der Waals surface area contributed by atoms with Gasteiger partial charge in [0.05, 0.1) is 5.69 Å². The molecule has 0 heterocycles. The molecule has 0 fully saturated rings. The van der Waals surface area contributed by atoms with E-state index in [1.54, 1.807) is 0 Å². The topological polar surface area (TPSA) is 115 Å². The molecule has 8 heteroatoms. The van der Waals surface area contributed by atoms with Gasteiger partial charge in [0.15, 0.2) is 0 Å². The van der Waals surface area contributed by atoms with E-state index in [4.69, 9.17) is 20.0 Å². The van der Waals surface area contributed by atoms with Crippen molar-refractivity contribution >= 4 is 23.0 Å². The summed E-state index contributed by atoms with van der Waals surface area (Å²) >= 11 is -6.11. The van der Waals surface area contributed by atoms with Gasteiger partial charge in [-0.05, 0) is 36.4 Å². The number of benzene rings is 3. The third-order valence-corrected chi connectivity index (χ3v) is 3.32. The molecule has 3 N–H and O–H groups in total. The Balaban J connectivity index is 0.000000465. The third-order valence-electron chi connectivity index (χ3n) is 3.32. The van der Waals surface area contributed by atoms with Crippen LogP contribution in [-0.2, 0) is 26.2 Å². The number of hydrogen-bond acceptors (Lipinski definition) is 4. The summed E-state index contributed by atoms with van der Waals surface area (Å²) in [6, 6.07) is 30.0. The Kier molecular flexibility index (Phi) is 7.20. The number of rotatable bonds is 3. The summed E-state index contributed by atoms with van der Waals surface area (Å²) in [5, 5.41) is 3.26. The van der Waals surface area contributed by atoms with Crippen molar-refractivity contribution in [3.8, 4) is 0 Å². The van der Waals surface area contributed by atoms with Gasteiger partial charge in [0.1, 0.15) is 11.4 Å². The van der Waals surface area contributed by atoms with E-state index >= 15 is 0 Å². The molecule has 0 bridgehead atoms. The molecule has 0 saturated carbocycles. The van der Waals surface area contributed by atoms with Crippen molar-refractivity contribution in [3.05, 3.63) is 91.0 Å². The van der Waals surface area contributed by atoms with Crippen LogP contribution in [0.1, 0.15) is 0 Å². The Morgan fingerprint density at radius 2 is 1.07 bits per heavy atom. The minimum absolute atomic E-state index is 0.559. The fraction of sp³-hybridized carbons (Fsp3) is 0. The Hall–Kier alpha value is -3.05. The average Bonchev–Trinajstić information content (AvgIpc) is 2.63. The molecule has 0 saturated heterocycles. The van der Waals surface area contributed by atoms with E-state index in [1.807, 2.05) is 95.6 Å². The Labute approximate surface area is 159 Å². The van der Waals surface area contributed by atoms with Crippen molar-refractivity contribution in [3.63, 3.8) is 0 Å². The second-order valence-electron chi connectivity index (χ2n) is 5.26. The zero-order valence-corrected chi connectivity index (χ0v) is 16.9. The summed E-state index contributed by atoms with van der Waals surface area (Å²) in [6.07, 6.45) is 0. The molecule has 0 unspecified atom stereocenters. The van der Waals surface area contributed by atoms with E-state index in [2.05, 4.69) is 5.32 Å². The van der Waals surface area contributed by atoms with Crippen LogP contribution in [0.3, 0.4) is 0 Å². The van der Waals surface area contributed by atoms with Gasteiger partial charge in [0.25, 0.3) is 0 Å². The molecule has 27 heavy (non-hydrogen) atoms. The van der Waals surface area contributed by atoms with Crippen LogP contribution in [0.25, 0.3) is 0 Å². The van der Waals surface area contributed by atoms with Crippen molar-refractivity contribution in [1.82, 2.24) is 4.58 Å². The normalized spacial score (nSPS) is 10.3. The summed E-state index contributed by atoms with van der Waals surface area (Å²) in [6.45, 7) is 0. The van der Waals surface area contributed by atoms with Crippen molar-refractivity contribution in [2.75, 3.05) is 5.32 Å². The van der Waals surface area contributed by atoms with E-state index < -0.39 is 15.8 Å². The third kappa shape index (κ3) is 7.38. The number of nitrogens with one attached hydrogen (secondary N) is 1.